The van der Waals surface area contributed by atoms with Crippen LogP contribution < -0.4 is 10.5 Å². The fourth-order valence-electron chi connectivity index (χ4n) is 4.51. The van der Waals surface area contributed by atoms with Crippen molar-refractivity contribution in [1.29, 1.82) is 0 Å². The molecule has 0 saturated carbocycles. The highest BCUT2D eigenvalue weighted by Crippen LogP contribution is 2.34. The van der Waals surface area contributed by atoms with Gasteiger partial charge in [-0.15, -0.1) is 0 Å². The molecule has 182 valence electrons. The van der Waals surface area contributed by atoms with Gasteiger partial charge in [0.15, 0.2) is 0 Å². The smallest absolute Gasteiger partial charge is 0.267 e. The number of amides is 1. The molecule has 2 atom stereocenters. The first kappa shape index (κ1) is 24.9. The molecule has 2 aliphatic heterocycles. The summed E-state index contributed by atoms with van der Waals surface area (Å²) in [6.07, 6.45) is 8.98. The molecule has 0 aromatic carbocycles. The van der Waals surface area contributed by atoms with E-state index in [1.165, 1.54) is 35.4 Å². The van der Waals surface area contributed by atoms with Gasteiger partial charge in [0.2, 0.25) is 0 Å². The van der Waals surface area contributed by atoms with Crippen LogP contribution in [0.3, 0.4) is 0 Å². The molecule has 4 heterocycles. The van der Waals surface area contributed by atoms with E-state index < -0.39 is 0 Å². The molecule has 2 unspecified atom stereocenters. The molecule has 34 heavy (non-hydrogen) atoms. The van der Waals surface area contributed by atoms with E-state index in [1.54, 1.807) is 23.2 Å². The molecule has 2 aromatic rings. The van der Waals surface area contributed by atoms with Crippen molar-refractivity contribution in [3.8, 4) is 0 Å². The summed E-state index contributed by atoms with van der Waals surface area (Å²) in [5.74, 6) is 0.459. The number of rotatable bonds is 8. The van der Waals surface area contributed by atoms with E-state index in [2.05, 4.69) is 11.8 Å². The maximum atomic E-state index is 13.5. The molecule has 2 aliphatic rings. The zero-order valence-electron chi connectivity index (χ0n) is 20.0. The number of nitrogens with zero attached hydrogens (tertiary/aromatic N) is 4. The number of thiocarbonyl (C=S) groups is 1. The van der Waals surface area contributed by atoms with Crippen molar-refractivity contribution in [2.75, 3.05) is 24.5 Å². The number of unbranched alkanes of at least 4 members (excludes halogenated alkanes) is 4. The summed E-state index contributed by atoms with van der Waals surface area (Å²) in [6, 6.07) is 5.48. The Morgan fingerprint density at radius 3 is 2.62 bits per heavy atom. The molecular formula is C25H32N4O3S2. The maximum absolute atomic E-state index is 13.5. The van der Waals surface area contributed by atoms with Crippen molar-refractivity contribution in [3.63, 3.8) is 0 Å². The van der Waals surface area contributed by atoms with E-state index in [1.807, 2.05) is 26.0 Å². The minimum absolute atomic E-state index is 0.0125. The lowest BCUT2D eigenvalue weighted by molar-refractivity contribution is -0.122. The standard InChI is InChI=1S/C25H32N4O3S2/c1-4-5-6-7-9-13-29-24(31)20(34-25(29)33)14-19-22(27-15-17(2)32-18(3)16-27)26-21-11-8-10-12-28(21)23(19)30/h8,10-12,14,17-18H,4-7,9,13,15-16H2,1-3H3. The second kappa shape index (κ2) is 11.0. The zero-order chi connectivity index (χ0) is 24.2. The van der Waals surface area contributed by atoms with Crippen LogP contribution in [-0.2, 0) is 9.53 Å². The van der Waals surface area contributed by atoms with Crippen LogP contribution in [0.4, 0.5) is 5.82 Å². The molecule has 0 aliphatic carbocycles. The number of carbonyl (C=O) groups excluding carboxylic acids is 1. The third-order valence-electron chi connectivity index (χ3n) is 6.10. The quantitative estimate of drug-likeness (QED) is 0.301. The summed E-state index contributed by atoms with van der Waals surface area (Å²) in [5.41, 5.74) is 0.789. The number of anilines is 1. The number of hydrogen-bond donors (Lipinski definition) is 0. The highest BCUT2D eigenvalue weighted by Gasteiger charge is 2.33. The Hall–Kier alpha value is -2.23. The normalized spacial score (nSPS) is 22.4. The Morgan fingerprint density at radius 2 is 1.88 bits per heavy atom. The lowest BCUT2D eigenvalue weighted by Crippen LogP contribution is -2.46. The topological polar surface area (TPSA) is 67.2 Å². The van der Waals surface area contributed by atoms with Crippen LogP contribution in [0.1, 0.15) is 58.4 Å². The van der Waals surface area contributed by atoms with E-state index in [0.717, 1.165) is 12.8 Å². The molecule has 0 radical (unpaired) electrons. The fourth-order valence-corrected chi connectivity index (χ4v) is 5.80. The summed E-state index contributed by atoms with van der Waals surface area (Å²) in [5, 5.41) is 0. The van der Waals surface area contributed by atoms with Crippen molar-refractivity contribution < 1.29 is 9.53 Å². The Kier molecular flexibility index (Phi) is 8.06. The van der Waals surface area contributed by atoms with Crippen molar-refractivity contribution >= 4 is 51.7 Å². The highest BCUT2D eigenvalue weighted by molar-refractivity contribution is 8.26. The Bertz CT molecular complexity index is 1150. The zero-order valence-corrected chi connectivity index (χ0v) is 21.7. The predicted molar refractivity (Wildman–Crippen MR) is 142 cm³/mol. The van der Waals surface area contributed by atoms with E-state index in [-0.39, 0.29) is 23.7 Å². The van der Waals surface area contributed by atoms with Gasteiger partial charge in [0.25, 0.3) is 11.5 Å². The van der Waals surface area contributed by atoms with Gasteiger partial charge in [-0.25, -0.2) is 4.98 Å². The van der Waals surface area contributed by atoms with E-state index >= 15 is 0 Å². The molecule has 1 amide bonds. The molecule has 7 nitrogen and oxygen atoms in total. The molecule has 9 heteroatoms. The van der Waals surface area contributed by atoms with Crippen LogP contribution >= 0.6 is 24.0 Å². The first-order valence-electron chi connectivity index (χ1n) is 12.1. The third-order valence-corrected chi connectivity index (χ3v) is 7.48. The lowest BCUT2D eigenvalue weighted by atomic mass is 10.1. The van der Waals surface area contributed by atoms with E-state index in [0.29, 0.717) is 45.9 Å². The Morgan fingerprint density at radius 1 is 1.15 bits per heavy atom. The highest BCUT2D eigenvalue weighted by atomic mass is 32.2. The first-order valence-corrected chi connectivity index (χ1v) is 13.3. The van der Waals surface area contributed by atoms with Crippen LogP contribution in [0.2, 0.25) is 0 Å². The lowest BCUT2D eigenvalue weighted by Gasteiger charge is -2.36. The molecule has 0 N–H and O–H groups in total. The molecule has 0 bridgehead atoms. The first-order chi connectivity index (χ1) is 16.4. The summed E-state index contributed by atoms with van der Waals surface area (Å²) >= 11 is 6.78. The van der Waals surface area contributed by atoms with Crippen LogP contribution in [-0.4, -0.2) is 56.4 Å². The fraction of sp³-hybridized carbons (Fsp3) is 0.520. The number of thioether (sulfide) groups is 1. The summed E-state index contributed by atoms with van der Waals surface area (Å²) < 4.78 is 7.96. The number of aromatic nitrogens is 2. The minimum atomic E-state index is -0.197. The minimum Gasteiger partial charge on any atom is -0.372 e. The van der Waals surface area contributed by atoms with Gasteiger partial charge >= 0.3 is 0 Å². The van der Waals surface area contributed by atoms with Crippen molar-refractivity contribution in [2.45, 2.75) is 65.1 Å². The SMILES string of the molecule is CCCCCCCN1C(=O)C(=Cc2c(N3CC(C)OC(C)C3)nc3ccccn3c2=O)SC1=S. The number of pyridine rings is 1. The Balaban J connectivity index is 1.68. The predicted octanol–water partition coefficient (Wildman–Crippen LogP) is 4.48. The average Bonchev–Trinajstić information content (AvgIpc) is 3.07. The van der Waals surface area contributed by atoms with Gasteiger partial charge in [0.1, 0.15) is 15.8 Å². The van der Waals surface area contributed by atoms with Gasteiger partial charge in [-0.1, -0.05) is 62.7 Å². The largest absolute Gasteiger partial charge is 0.372 e. The summed E-state index contributed by atoms with van der Waals surface area (Å²) in [7, 11) is 0. The Labute approximate surface area is 210 Å². The van der Waals surface area contributed by atoms with Gasteiger partial charge in [-0.3, -0.25) is 18.9 Å². The second-order valence-electron chi connectivity index (χ2n) is 8.99. The number of morpholine rings is 1. The molecule has 4 rings (SSSR count). The van der Waals surface area contributed by atoms with E-state index in [9.17, 15) is 9.59 Å². The summed E-state index contributed by atoms with van der Waals surface area (Å²) in [6.45, 7) is 8.08. The van der Waals surface area contributed by atoms with Crippen molar-refractivity contribution in [1.82, 2.24) is 14.3 Å². The monoisotopic (exact) mass is 500 g/mol. The van der Waals surface area contributed by atoms with Crippen LogP contribution in [0.5, 0.6) is 0 Å². The number of hydrogen-bond acceptors (Lipinski definition) is 7. The van der Waals surface area contributed by atoms with Crippen molar-refractivity contribution in [2.24, 2.45) is 0 Å². The molecule has 0 spiro atoms. The van der Waals surface area contributed by atoms with Gasteiger partial charge in [-0.05, 0) is 38.5 Å². The summed E-state index contributed by atoms with van der Waals surface area (Å²) in [4.78, 5) is 35.8. The molecule has 2 saturated heterocycles. The third kappa shape index (κ3) is 5.37. The number of ether oxygens (including phenoxy) is 1. The number of fused-ring (bicyclic) bond motifs is 1. The maximum Gasteiger partial charge on any atom is 0.267 e. The van der Waals surface area contributed by atoms with E-state index in [4.69, 9.17) is 21.9 Å². The molecule has 2 aromatic heterocycles. The van der Waals surface area contributed by atoms with Crippen molar-refractivity contribution in [3.05, 3.63) is 45.2 Å². The van der Waals surface area contributed by atoms with Crippen LogP contribution in [0.15, 0.2) is 34.1 Å². The number of carbonyl (C=O) groups is 1. The van der Waals surface area contributed by atoms with Gasteiger partial charge in [0, 0.05) is 25.8 Å². The molecule has 2 fully saturated rings. The average molecular weight is 501 g/mol. The second-order valence-corrected chi connectivity index (χ2v) is 10.7. The molecular weight excluding hydrogens is 468 g/mol. The van der Waals surface area contributed by atoms with Gasteiger partial charge in [0.05, 0.1) is 22.7 Å². The van der Waals surface area contributed by atoms with Crippen LogP contribution in [0.25, 0.3) is 11.7 Å². The van der Waals surface area contributed by atoms with Gasteiger partial charge < -0.3 is 9.64 Å². The van der Waals surface area contributed by atoms with Gasteiger partial charge in [-0.2, -0.15) is 0 Å². The van der Waals surface area contributed by atoms with Crippen LogP contribution in [0, 0.1) is 0 Å².